The molecule has 0 saturated carbocycles. The van der Waals surface area contributed by atoms with Crippen LogP contribution >= 0.6 is 0 Å². The fraction of sp³-hybridized carbons (Fsp3) is 0.267. The summed E-state index contributed by atoms with van der Waals surface area (Å²) in [6.07, 6.45) is 12.0. The Morgan fingerprint density at radius 1 is 0.627 bits per heavy atom. The van der Waals surface area contributed by atoms with Gasteiger partial charge in [-0.15, -0.1) is 15.3 Å². The summed E-state index contributed by atoms with van der Waals surface area (Å²) in [6.45, 7) is 8.38. The van der Waals surface area contributed by atoms with Crippen LogP contribution in [0.2, 0.25) is 0 Å². The average Bonchev–Trinajstić information content (AvgIpc) is 4.05. The summed E-state index contributed by atoms with van der Waals surface area (Å²) in [5.41, 5.74) is 5.56. The number of hydrogen-bond acceptors (Lipinski definition) is 14. The fourth-order valence-electron chi connectivity index (χ4n) is 5.88. The number of hydrogen-bond donors (Lipinski definition) is 1. The number of carboxylic acids is 1. The molecule has 0 unspecified atom stereocenters. The van der Waals surface area contributed by atoms with E-state index in [1.54, 1.807) is 35.2 Å². The van der Waals surface area contributed by atoms with Crippen molar-refractivity contribution in [2.75, 3.05) is 34.4 Å². The third kappa shape index (κ3) is 16.5. The van der Waals surface area contributed by atoms with Crippen molar-refractivity contribution < 1.29 is 71.6 Å². The van der Waals surface area contributed by atoms with Crippen LogP contribution in [0.25, 0.3) is 52.8 Å². The zero-order valence-electron chi connectivity index (χ0n) is 38.4. The summed E-state index contributed by atoms with van der Waals surface area (Å²) in [5.74, 6) is -0.964. The molecule has 1 aliphatic rings. The fourth-order valence-corrected chi connectivity index (χ4v) is 5.88. The Balaban J connectivity index is 0.000000264. The molecule has 0 bridgehead atoms. The van der Waals surface area contributed by atoms with Gasteiger partial charge >= 0.3 is 30.8 Å². The number of aryl methyl sites for hydroxylation is 3. The maximum absolute atomic E-state index is 12.7. The Morgan fingerprint density at radius 2 is 0.985 bits per heavy atom. The minimum absolute atomic E-state index is 0. The van der Waals surface area contributed by atoms with Gasteiger partial charge in [0.15, 0.2) is 17.5 Å². The van der Waals surface area contributed by atoms with Gasteiger partial charge in [-0.25, -0.2) is 47.4 Å². The van der Waals surface area contributed by atoms with Gasteiger partial charge in [0.2, 0.25) is 5.91 Å². The Bertz CT molecular complexity index is 2710. The molecule has 348 valence electrons. The molecule has 6 aromatic rings. The molecular weight excluding hydrogens is 869 g/mol. The van der Waals surface area contributed by atoms with Gasteiger partial charge in [-0.3, -0.25) is 4.79 Å². The van der Waals surface area contributed by atoms with Crippen molar-refractivity contribution in [2.24, 2.45) is 0 Å². The molecule has 1 amide bonds. The summed E-state index contributed by atoms with van der Waals surface area (Å²) in [6, 6.07) is 17.1. The van der Waals surface area contributed by atoms with Crippen LogP contribution in [0.5, 0.6) is 17.2 Å². The predicted octanol–water partition coefficient (Wildman–Crippen LogP) is 3.54. The van der Waals surface area contributed by atoms with Crippen LogP contribution in [0.3, 0.4) is 0 Å². The van der Waals surface area contributed by atoms with Crippen LogP contribution in [0, 0.1) is 20.8 Å². The maximum Gasteiger partial charge on any atom is 1.00 e. The van der Waals surface area contributed by atoms with Gasteiger partial charge in [0.25, 0.3) is 5.92 Å². The molecule has 0 spiro atoms. The molecule has 3 aromatic carbocycles. The number of nitrogens with zero attached hydrogens (tertiary/aromatic N) is 10. The van der Waals surface area contributed by atoms with Gasteiger partial charge in [-0.2, -0.15) is 0 Å². The predicted molar refractivity (Wildman–Crippen MR) is 239 cm³/mol. The number of aromatic nitrogens is 9. The van der Waals surface area contributed by atoms with Crippen molar-refractivity contribution in [3.8, 4) is 51.4 Å². The van der Waals surface area contributed by atoms with E-state index < -0.39 is 36.9 Å². The molecule has 3 aromatic heterocycles. The number of ether oxygens (including phenoxy) is 4. The number of amides is 1. The third-order valence-corrected chi connectivity index (χ3v) is 8.77. The largest absolute Gasteiger partial charge is 1.00 e. The Morgan fingerprint density at radius 3 is 1.31 bits per heavy atom. The number of carbonyl (C=O) groups is 3. The van der Waals surface area contributed by atoms with Gasteiger partial charge in [0.05, 0.1) is 40.5 Å². The third-order valence-electron chi connectivity index (χ3n) is 8.77. The quantitative estimate of drug-likeness (QED) is 0.0992. The minimum atomic E-state index is -2.77. The summed E-state index contributed by atoms with van der Waals surface area (Å²) in [7, 11) is 4.80. The molecule has 67 heavy (non-hydrogen) atoms. The first-order valence-electron chi connectivity index (χ1n) is 19.8. The van der Waals surface area contributed by atoms with E-state index in [1.807, 2.05) is 75.4 Å². The van der Waals surface area contributed by atoms with Crippen molar-refractivity contribution in [2.45, 2.75) is 46.6 Å². The number of likely N-dealkylation sites (tertiary alicyclic amines) is 1. The molecule has 0 atom stereocenters. The summed E-state index contributed by atoms with van der Waals surface area (Å²) < 4.78 is 50.3. The molecule has 1 saturated heterocycles. The van der Waals surface area contributed by atoms with E-state index in [0.29, 0.717) is 23.2 Å². The molecule has 1 aliphatic heterocycles. The van der Waals surface area contributed by atoms with Crippen molar-refractivity contribution in [3.05, 3.63) is 108 Å². The smallest absolute Gasteiger partial charge is 0.870 e. The second kappa shape index (κ2) is 24.7. The Hall–Kier alpha value is -7.47. The number of aliphatic carboxylic acids is 1. The Kier molecular flexibility index (Phi) is 19.9. The summed E-state index contributed by atoms with van der Waals surface area (Å²) in [5, 5.41) is 21.3. The Labute approximate surface area is 396 Å². The molecule has 0 aliphatic carbocycles. The summed E-state index contributed by atoms with van der Waals surface area (Å²) >= 11 is 0. The van der Waals surface area contributed by atoms with Crippen LogP contribution in [-0.4, -0.2) is 124 Å². The molecule has 0 radical (unpaired) electrons. The van der Waals surface area contributed by atoms with Crippen molar-refractivity contribution in [3.63, 3.8) is 0 Å². The van der Waals surface area contributed by atoms with E-state index in [-0.39, 0.29) is 30.4 Å². The number of carbonyl (C=O) groups excluding carboxylic acids is 2. The van der Waals surface area contributed by atoms with Gasteiger partial charge in [-0.1, -0.05) is 0 Å². The van der Waals surface area contributed by atoms with Crippen LogP contribution in [0.15, 0.2) is 91.8 Å². The van der Waals surface area contributed by atoms with Gasteiger partial charge in [-0.05, 0) is 106 Å². The normalized spacial score (nSPS) is 12.6. The van der Waals surface area contributed by atoms with Crippen LogP contribution in [-0.2, 0) is 19.1 Å². The van der Waals surface area contributed by atoms with E-state index in [0.717, 1.165) is 55.9 Å². The maximum atomic E-state index is 12.7. The number of alkyl halides is 2. The van der Waals surface area contributed by atoms with E-state index in [1.165, 1.54) is 63.8 Å². The van der Waals surface area contributed by atoms with E-state index in [4.69, 9.17) is 24.1 Å². The molecule has 19 nitrogen and oxygen atoms in total. The molecule has 2 N–H and O–H groups in total. The van der Waals surface area contributed by atoms with Crippen molar-refractivity contribution in [1.29, 1.82) is 0 Å². The van der Waals surface area contributed by atoms with E-state index in [2.05, 4.69) is 30.2 Å². The topological polar surface area (TPSA) is 234 Å². The standard InChI is InChI=1S/C16H16F2N4O2.C16H19N3O3.C13H13N3O3.Li.H2O/c1-11-5-12(7-13(6-11)24-2)15-19-10-22(20-15)4-3-14(23)21-8-16(17,18)9-21;1-11(2)22-15(20)5-6-19-10-17-16(18-19)13-7-12(3)8-14(9-13)21-4;1-9-5-10(7-11(6-9)19-2)13-14-8-16(15-13)4-3-12(17)18;;/h3-7,10H,8-9H2,1-2H3;5-11H,1-4H3;3-8H,1-2H3,(H,17,18);;1H2/q;;;+1;/p-1/b4-3-;6-5-;4-3-;;. The zero-order chi connectivity index (χ0) is 47.3. The second-order valence-electron chi connectivity index (χ2n) is 14.7. The van der Waals surface area contributed by atoms with Gasteiger partial charge in [0.1, 0.15) is 36.2 Å². The molecule has 22 heteroatoms. The first-order valence-corrected chi connectivity index (χ1v) is 19.8. The number of carboxylic acid groups (broad SMARTS) is 1. The van der Waals surface area contributed by atoms with E-state index in [9.17, 15) is 23.2 Å². The monoisotopic (exact) mass is 918 g/mol. The molecule has 1 fully saturated rings. The first kappa shape index (κ1) is 53.9. The van der Waals surface area contributed by atoms with Crippen LogP contribution in [0.4, 0.5) is 8.78 Å². The van der Waals surface area contributed by atoms with Crippen molar-refractivity contribution in [1.82, 2.24) is 49.2 Å². The minimum Gasteiger partial charge on any atom is -0.870 e. The van der Waals surface area contributed by atoms with Crippen molar-refractivity contribution >= 4 is 36.4 Å². The number of halogens is 2. The van der Waals surface area contributed by atoms with Gasteiger partial charge in [0, 0.05) is 53.5 Å². The molecular formula is C45H49F2LiN10O9. The molecule has 4 heterocycles. The summed E-state index contributed by atoms with van der Waals surface area (Å²) in [4.78, 5) is 47.2. The molecule has 7 rings (SSSR count). The number of methoxy groups -OCH3 is 3. The first-order chi connectivity index (χ1) is 30.9. The second-order valence-corrected chi connectivity index (χ2v) is 14.7. The average molecular weight is 919 g/mol. The van der Waals surface area contributed by atoms with E-state index >= 15 is 0 Å². The SMILES string of the molecule is COc1cc(C)cc(-c2ncn(/C=C\C(=O)N3CC(F)(F)C3)n2)c1.COc1cc(C)cc(-c2ncn(/C=C\C(=O)O)n2)c1.COc1cc(C)cc(-c2ncn(/C=C\C(=O)OC(C)C)n2)c1.[Li+].[OH-]. The van der Waals surface area contributed by atoms with Crippen LogP contribution in [0.1, 0.15) is 30.5 Å². The number of rotatable bonds is 13. The zero-order valence-corrected chi connectivity index (χ0v) is 38.4. The van der Waals surface area contributed by atoms with Crippen LogP contribution < -0.4 is 33.1 Å². The van der Waals surface area contributed by atoms with Gasteiger partial charge < -0.3 is 34.4 Å². The number of esters is 1. The number of benzene rings is 3.